The van der Waals surface area contributed by atoms with Gasteiger partial charge in [0.1, 0.15) is 11.4 Å². The van der Waals surface area contributed by atoms with Gasteiger partial charge in [0, 0.05) is 28.4 Å². The lowest BCUT2D eigenvalue weighted by molar-refractivity contribution is 0.0759. The topological polar surface area (TPSA) is 45.3 Å². The van der Waals surface area contributed by atoms with E-state index in [0.29, 0.717) is 23.1 Å². The lowest BCUT2D eigenvalue weighted by Crippen LogP contribution is -2.30. The average molecular weight is 361 g/mol. The molecule has 124 valence electrons. The highest BCUT2D eigenvalue weighted by Crippen LogP contribution is 2.25. The fourth-order valence-corrected chi connectivity index (χ4v) is 3.62. The van der Waals surface area contributed by atoms with Crippen molar-refractivity contribution in [3.63, 3.8) is 0 Å². The molecule has 1 amide bonds. The Bertz CT molecular complexity index is 884. The van der Waals surface area contributed by atoms with Crippen LogP contribution in [0.1, 0.15) is 15.4 Å². The number of rotatable bonds is 6. The van der Waals surface area contributed by atoms with Crippen LogP contribution in [0.4, 0.5) is 0 Å². The van der Waals surface area contributed by atoms with Crippen molar-refractivity contribution in [3.05, 3.63) is 64.0 Å². The molecule has 0 saturated heterocycles. The summed E-state index contributed by atoms with van der Waals surface area (Å²) >= 11 is 7.45. The zero-order valence-corrected chi connectivity index (χ0v) is 14.8. The first-order valence-electron chi connectivity index (χ1n) is 7.42. The number of carbonyl (C=O) groups excluding carboxylic acids is 1. The van der Waals surface area contributed by atoms with Crippen LogP contribution in [0.5, 0.6) is 5.75 Å². The number of nitrogens with one attached hydrogen (secondary N) is 1. The standard InChI is InChI=1S/C18H17ClN2O2S/c1-3-8-21(11-14-6-7-17(19)24-14)18(22)16-9-12-4-5-13(23-2)10-15(12)20-16/h3-7,9-10,20H,1,8,11H2,2H3. The Morgan fingerprint density at radius 1 is 1.38 bits per heavy atom. The molecule has 6 heteroatoms. The van der Waals surface area contributed by atoms with Gasteiger partial charge in [-0.2, -0.15) is 0 Å². The second-order valence-corrected chi connectivity index (χ2v) is 7.12. The lowest BCUT2D eigenvalue weighted by atomic mass is 10.2. The average Bonchev–Trinajstić information content (AvgIpc) is 3.18. The molecule has 24 heavy (non-hydrogen) atoms. The van der Waals surface area contributed by atoms with Crippen molar-refractivity contribution in [2.75, 3.05) is 13.7 Å². The van der Waals surface area contributed by atoms with Crippen LogP contribution in [0.15, 0.2) is 49.1 Å². The number of ether oxygens (including phenoxy) is 1. The van der Waals surface area contributed by atoms with E-state index < -0.39 is 0 Å². The van der Waals surface area contributed by atoms with Crippen LogP contribution in [0.2, 0.25) is 4.34 Å². The highest BCUT2D eigenvalue weighted by molar-refractivity contribution is 7.16. The van der Waals surface area contributed by atoms with Gasteiger partial charge in [-0.3, -0.25) is 4.79 Å². The number of thiophene rings is 1. The highest BCUT2D eigenvalue weighted by Gasteiger charge is 2.18. The Kier molecular flexibility index (Phi) is 4.92. The fourth-order valence-electron chi connectivity index (χ4n) is 2.52. The van der Waals surface area contributed by atoms with Crippen LogP contribution in [0.3, 0.4) is 0 Å². The van der Waals surface area contributed by atoms with Gasteiger partial charge in [-0.25, -0.2) is 0 Å². The van der Waals surface area contributed by atoms with E-state index in [1.165, 1.54) is 11.3 Å². The summed E-state index contributed by atoms with van der Waals surface area (Å²) in [6, 6.07) is 11.3. The van der Waals surface area contributed by atoms with Crippen molar-refractivity contribution in [1.29, 1.82) is 0 Å². The second-order valence-electron chi connectivity index (χ2n) is 5.32. The molecule has 0 aliphatic heterocycles. The van der Waals surface area contributed by atoms with E-state index in [1.807, 2.05) is 36.4 Å². The third-order valence-electron chi connectivity index (χ3n) is 3.67. The van der Waals surface area contributed by atoms with E-state index in [2.05, 4.69) is 11.6 Å². The highest BCUT2D eigenvalue weighted by atomic mass is 35.5. The molecule has 0 bridgehead atoms. The summed E-state index contributed by atoms with van der Waals surface area (Å²) < 4.78 is 5.94. The van der Waals surface area contributed by atoms with Crippen LogP contribution in [0.25, 0.3) is 10.9 Å². The first kappa shape index (κ1) is 16.6. The summed E-state index contributed by atoms with van der Waals surface area (Å²) in [5.74, 6) is 0.675. The smallest absolute Gasteiger partial charge is 0.270 e. The van der Waals surface area contributed by atoms with Gasteiger partial charge in [0.15, 0.2) is 0 Å². The summed E-state index contributed by atoms with van der Waals surface area (Å²) in [5, 5.41) is 0.969. The minimum absolute atomic E-state index is 0.0745. The number of carbonyl (C=O) groups is 1. The van der Waals surface area contributed by atoms with Crippen molar-refractivity contribution in [1.82, 2.24) is 9.88 Å². The van der Waals surface area contributed by atoms with Gasteiger partial charge in [0.25, 0.3) is 5.91 Å². The minimum atomic E-state index is -0.0745. The molecule has 0 radical (unpaired) electrons. The van der Waals surface area contributed by atoms with Gasteiger partial charge < -0.3 is 14.6 Å². The molecule has 4 nitrogen and oxygen atoms in total. The Labute approximate surface area is 149 Å². The monoisotopic (exact) mass is 360 g/mol. The third kappa shape index (κ3) is 3.47. The molecule has 0 atom stereocenters. The number of fused-ring (bicyclic) bond motifs is 1. The van der Waals surface area contributed by atoms with Crippen LogP contribution in [-0.4, -0.2) is 29.4 Å². The van der Waals surface area contributed by atoms with Crippen molar-refractivity contribution < 1.29 is 9.53 Å². The van der Waals surface area contributed by atoms with Crippen LogP contribution >= 0.6 is 22.9 Å². The first-order valence-corrected chi connectivity index (χ1v) is 8.61. The quantitative estimate of drug-likeness (QED) is 0.646. The minimum Gasteiger partial charge on any atom is -0.497 e. The molecule has 0 saturated carbocycles. The molecule has 1 N–H and O–H groups in total. The summed E-state index contributed by atoms with van der Waals surface area (Å²) in [7, 11) is 1.62. The van der Waals surface area contributed by atoms with E-state index in [-0.39, 0.29) is 5.91 Å². The Morgan fingerprint density at radius 2 is 2.21 bits per heavy atom. The summed E-state index contributed by atoms with van der Waals surface area (Å²) in [4.78, 5) is 18.8. The molecule has 0 unspecified atom stereocenters. The van der Waals surface area contributed by atoms with E-state index in [4.69, 9.17) is 16.3 Å². The molecule has 0 fully saturated rings. The Morgan fingerprint density at radius 3 is 2.88 bits per heavy atom. The fraction of sp³-hybridized carbons (Fsp3) is 0.167. The lowest BCUT2D eigenvalue weighted by Gasteiger charge is -2.19. The normalized spacial score (nSPS) is 10.8. The molecule has 0 aliphatic rings. The molecule has 3 aromatic rings. The predicted octanol–water partition coefficient (Wildman–Crippen LogP) is 4.72. The number of amides is 1. The largest absolute Gasteiger partial charge is 0.497 e. The number of aromatic nitrogens is 1. The number of halogens is 1. The molecule has 1 aromatic carbocycles. The summed E-state index contributed by atoms with van der Waals surface area (Å²) in [5.41, 5.74) is 1.41. The van der Waals surface area contributed by atoms with Gasteiger partial charge in [0.05, 0.1) is 18.0 Å². The molecule has 3 rings (SSSR count). The maximum atomic E-state index is 12.9. The Balaban J connectivity index is 1.87. The molecule has 0 aliphatic carbocycles. The SMILES string of the molecule is C=CCN(Cc1ccc(Cl)s1)C(=O)c1cc2ccc(OC)cc2[nH]1. The van der Waals surface area contributed by atoms with Crippen molar-refractivity contribution in [3.8, 4) is 5.75 Å². The van der Waals surface area contributed by atoms with Gasteiger partial charge in [0.2, 0.25) is 0 Å². The summed E-state index contributed by atoms with van der Waals surface area (Å²) in [6.07, 6.45) is 1.72. The molecular formula is C18H17ClN2O2S. The number of hydrogen-bond acceptors (Lipinski definition) is 3. The van der Waals surface area contributed by atoms with Gasteiger partial charge >= 0.3 is 0 Å². The number of nitrogens with zero attached hydrogens (tertiary/aromatic N) is 1. The molecule has 2 heterocycles. The van der Waals surface area contributed by atoms with Gasteiger partial charge in [-0.15, -0.1) is 17.9 Å². The molecule has 0 spiro atoms. The third-order valence-corrected chi connectivity index (χ3v) is 4.89. The van der Waals surface area contributed by atoms with E-state index >= 15 is 0 Å². The predicted molar refractivity (Wildman–Crippen MR) is 99.1 cm³/mol. The van der Waals surface area contributed by atoms with E-state index in [1.54, 1.807) is 18.1 Å². The van der Waals surface area contributed by atoms with E-state index in [9.17, 15) is 4.79 Å². The number of benzene rings is 1. The van der Waals surface area contributed by atoms with Crippen LogP contribution in [0, 0.1) is 0 Å². The zero-order valence-electron chi connectivity index (χ0n) is 13.2. The van der Waals surface area contributed by atoms with Crippen molar-refractivity contribution >= 4 is 39.7 Å². The van der Waals surface area contributed by atoms with Crippen molar-refractivity contribution in [2.45, 2.75) is 6.54 Å². The Hall–Kier alpha value is -2.24. The number of hydrogen-bond donors (Lipinski definition) is 1. The second kappa shape index (κ2) is 7.11. The maximum absolute atomic E-state index is 12.9. The number of methoxy groups -OCH3 is 1. The maximum Gasteiger partial charge on any atom is 0.270 e. The molecular weight excluding hydrogens is 344 g/mol. The number of aromatic amines is 1. The van der Waals surface area contributed by atoms with E-state index in [0.717, 1.165) is 21.5 Å². The zero-order chi connectivity index (χ0) is 17.1. The van der Waals surface area contributed by atoms with Crippen LogP contribution in [-0.2, 0) is 6.54 Å². The molecule has 2 aromatic heterocycles. The van der Waals surface area contributed by atoms with Crippen LogP contribution < -0.4 is 4.74 Å². The first-order chi connectivity index (χ1) is 11.6. The number of H-pyrrole nitrogens is 1. The summed E-state index contributed by atoms with van der Waals surface area (Å²) in [6.45, 7) is 4.71. The van der Waals surface area contributed by atoms with Gasteiger partial charge in [-0.05, 0) is 30.3 Å². The van der Waals surface area contributed by atoms with Crippen molar-refractivity contribution in [2.24, 2.45) is 0 Å². The van der Waals surface area contributed by atoms with Gasteiger partial charge in [-0.1, -0.05) is 17.7 Å².